The highest BCUT2D eigenvalue weighted by atomic mass is 32.2. The third-order valence-corrected chi connectivity index (χ3v) is 4.52. The third-order valence-electron chi connectivity index (χ3n) is 3.47. The van der Waals surface area contributed by atoms with Crippen LogP contribution in [-0.4, -0.2) is 12.4 Å². The molecule has 0 bridgehead atoms. The summed E-state index contributed by atoms with van der Waals surface area (Å²) in [5.74, 6) is 0.417. The van der Waals surface area contributed by atoms with Crippen LogP contribution in [0.1, 0.15) is 17.2 Å². The Morgan fingerprint density at radius 1 is 1.25 bits per heavy atom. The lowest BCUT2D eigenvalue weighted by atomic mass is 9.99. The maximum atomic E-state index is 13.4. The van der Waals surface area contributed by atoms with Crippen molar-refractivity contribution in [3.05, 3.63) is 59.4 Å². The van der Waals surface area contributed by atoms with Crippen molar-refractivity contribution < 1.29 is 9.13 Å². The van der Waals surface area contributed by atoms with E-state index in [0.717, 1.165) is 23.7 Å². The van der Waals surface area contributed by atoms with Crippen LogP contribution in [0.25, 0.3) is 0 Å². The molecule has 1 atom stereocenters. The normalized spacial score (nSPS) is 17.8. The molecule has 0 saturated carbocycles. The van der Waals surface area contributed by atoms with Crippen LogP contribution in [0.5, 0.6) is 0 Å². The molecule has 2 aromatic carbocycles. The van der Waals surface area contributed by atoms with Crippen LogP contribution in [-0.2, 0) is 11.2 Å². The summed E-state index contributed by atoms with van der Waals surface area (Å²) in [7, 11) is 0. The van der Waals surface area contributed by atoms with Crippen LogP contribution >= 0.6 is 11.8 Å². The molecule has 0 amide bonds. The van der Waals surface area contributed by atoms with Crippen molar-refractivity contribution in [2.45, 2.75) is 17.4 Å². The lowest BCUT2D eigenvalue weighted by Gasteiger charge is -2.25. The molecule has 104 valence electrons. The minimum atomic E-state index is -0.361. The lowest BCUT2D eigenvalue weighted by molar-refractivity contribution is 0.0588. The lowest BCUT2D eigenvalue weighted by Crippen LogP contribution is -2.17. The fourth-order valence-electron chi connectivity index (χ4n) is 2.38. The Labute approximate surface area is 122 Å². The standard InChI is InChI=1S/C16H16FNOS/c17-14-9-12(5-6-15(14)18)20-10-16-13-4-2-1-3-11(13)7-8-19-16/h1-6,9,16H,7-8,10,18H2. The zero-order valence-corrected chi connectivity index (χ0v) is 11.8. The van der Waals surface area contributed by atoms with E-state index in [1.807, 2.05) is 12.1 Å². The molecule has 0 saturated heterocycles. The molecule has 2 aromatic rings. The largest absolute Gasteiger partial charge is 0.396 e. The Morgan fingerprint density at radius 3 is 2.95 bits per heavy atom. The average Bonchev–Trinajstić information content (AvgIpc) is 2.48. The van der Waals surface area contributed by atoms with Crippen LogP contribution < -0.4 is 5.73 Å². The summed E-state index contributed by atoms with van der Waals surface area (Å²) < 4.78 is 19.3. The van der Waals surface area contributed by atoms with E-state index >= 15 is 0 Å². The monoisotopic (exact) mass is 289 g/mol. The predicted octanol–water partition coefficient (Wildman–Crippen LogP) is 3.81. The van der Waals surface area contributed by atoms with Crippen molar-refractivity contribution in [1.82, 2.24) is 0 Å². The Balaban J connectivity index is 1.71. The Hall–Kier alpha value is -1.52. The molecule has 0 aromatic heterocycles. The number of hydrogen-bond acceptors (Lipinski definition) is 3. The first-order chi connectivity index (χ1) is 9.74. The highest BCUT2D eigenvalue weighted by Gasteiger charge is 2.20. The second kappa shape index (κ2) is 5.85. The van der Waals surface area contributed by atoms with Gasteiger partial charge in [0.25, 0.3) is 0 Å². The van der Waals surface area contributed by atoms with E-state index in [1.165, 1.54) is 17.2 Å². The van der Waals surface area contributed by atoms with Gasteiger partial charge in [0.05, 0.1) is 18.4 Å². The third kappa shape index (κ3) is 2.81. The highest BCUT2D eigenvalue weighted by molar-refractivity contribution is 7.99. The Kier molecular flexibility index (Phi) is 3.94. The Morgan fingerprint density at radius 2 is 2.10 bits per heavy atom. The predicted molar refractivity (Wildman–Crippen MR) is 80.4 cm³/mol. The van der Waals surface area contributed by atoms with Gasteiger partial charge in [-0.3, -0.25) is 0 Å². The fourth-order valence-corrected chi connectivity index (χ4v) is 3.36. The van der Waals surface area contributed by atoms with Crippen molar-refractivity contribution in [3.63, 3.8) is 0 Å². The zero-order chi connectivity index (χ0) is 13.9. The van der Waals surface area contributed by atoms with Crippen LogP contribution in [0, 0.1) is 5.82 Å². The summed E-state index contributed by atoms with van der Waals surface area (Å²) in [4.78, 5) is 0.878. The molecule has 4 heteroatoms. The molecular weight excluding hydrogens is 273 g/mol. The van der Waals surface area contributed by atoms with Crippen LogP contribution in [0.2, 0.25) is 0 Å². The van der Waals surface area contributed by atoms with Crippen molar-refractivity contribution in [3.8, 4) is 0 Å². The van der Waals surface area contributed by atoms with Gasteiger partial charge < -0.3 is 10.5 Å². The van der Waals surface area contributed by atoms with Crippen molar-refractivity contribution in [2.75, 3.05) is 18.1 Å². The van der Waals surface area contributed by atoms with Gasteiger partial charge in [-0.1, -0.05) is 24.3 Å². The summed E-state index contributed by atoms with van der Waals surface area (Å²) in [6.45, 7) is 0.748. The van der Waals surface area contributed by atoms with Gasteiger partial charge in [0.1, 0.15) is 5.82 Å². The molecule has 0 aliphatic carbocycles. The number of nitrogens with two attached hydrogens (primary N) is 1. The molecule has 0 fully saturated rings. The minimum Gasteiger partial charge on any atom is -0.396 e. The molecule has 3 rings (SSSR count). The topological polar surface area (TPSA) is 35.2 Å². The van der Waals surface area contributed by atoms with Gasteiger partial charge in [-0.15, -0.1) is 11.8 Å². The Bertz CT molecular complexity index is 617. The molecule has 1 aliphatic rings. The SMILES string of the molecule is Nc1ccc(SCC2OCCc3ccccc32)cc1F. The van der Waals surface area contributed by atoms with Gasteiger partial charge in [-0.05, 0) is 35.7 Å². The molecule has 0 spiro atoms. The maximum absolute atomic E-state index is 13.4. The van der Waals surface area contributed by atoms with E-state index in [0.29, 0.717) is 0 Å². The van der Waals surface area contributed by atoms with Crippen LogP contribution in [0.3, 0.4) is 0 Å². The molecule has 1 heterocycles. The van der Waals surface area contributed by atoms with Gasteiger partial charge in [0.15, 0.2) is 0 Å². The van der Waals surface area contributed by atoms with Gasteiger partial charge in [-0.2, -0.15) is 0 Å². The summed E-state index contributed by atoms with van der Waals surface area (Å²) >= 11 is 1.59. The molecule has 2 nitrogen and oxygen atoms in total. The van der Waals surface area contributed by atoms with E-state index in [2.05, 4.69) is 18.2 Å². The van der Waals surface area contributed by atoms with Crippen LogP contribution in [0.15, 0.2) is 47.4 Å². The van der Waals surface area contributed by atoms with E-state index in [9.17, 15) is 4.39 Å². The number of ether oxygens (including phenoxy) is 1. The number of nitrogen functional groups attached to an aromatic ring is 1. The van der Waals surface area contributed by atoms with Gasteiger partial charge >= 0.3 is 0 Å². The average molecular weight is 289 g/mol. The number of hydrogen-bond donors (Lipinski definition) is 1. The van der Waals surface area contributed by atoms with E-state index in [4.69, 9.17) is 10.5 Å². The van der Waals surface area contributed by atoms with Crippen molar-refractivity contribution in [2.24, 2.45) is 0 Å². The molecule has 20 heavy (non-hydrogen) atoms. The zero-order valence-electron chi connectivity index (χ0n) is 11.0. The smallest absolute Gasteiger partial charge is 0.147 e. The molecule has 1 aliphatic heterocycles. The highest BCUT2D eigenvalue weighted by Crippen LogP contribution is 2.32. The van der Waals surface area contributed by atoms with Gasteiger partial charge in [-0.25, -0.2) is 4.39 Å². The minimum absolute atomic E-state index is 0.0746. The summed E-state index contributed by atoms with van der Waals surface area (Å²) in [5.41, 5.74) is 8.28. The molecule has 0 radical (unpaired) electrons. The number of anilines is 1. The molecular formula is C16H16FNOS. The second-order valence-corrected chi connectivity index (χ2v) is 5.90. The van der Waals surface area contributed by atoms with Crippen molar-refractivity contribution in [1.29, 1.82) is 0 Å². The van der Waals surface area contributed by atoms with E-state index in [-0.39, 0.29) is 17.6 Å². The van der Waals surface area contributed by atoms with E-state index in [1.54, 1.807) is 17.8 Å². The number of fused-ring (bicyclic) bond motifs is 1. The number of rotatable bonds is 3. The fraction of sp³-hybridized carbons (Fsp3) is 0.250. The molecule has 1 unspecified atom stereocenters. The number of thioether (sulfide) groups is 1. The first-order valence-corrected chi connectivity index (χ1v) is 7.60. The van der Waals surface area contributed by atoms with Gasteiger partial charge in [0.2, 0.25) is 0 Å². The van der Waals surface area contributed by atoms with Crippen molar-refractivity contribution >= 4 is 17.4 Å². The number of halogens is 1. The summed E-state index contributed by atoms with van der Waals surface area (Å²) in [5, 5.41) is 0. The van der Waals surface area contributed by atoms with Gasteiger partial charge in [0, 0.05) is 10.6 Å². The summed E-state index contributed by atoms with van der Waals surface area (Å²) in [6.07, 6.45) is 1.04. The number of benzene rings is 2. The van der Waals surface area contributed by atoms with E-state index < -0.39 is 0 Å². The van der Waals surface area contributed by atoms with Crippen LogP contribution in [0.4, 0.5) is 10.1 Å². The second-order valence-electron chi connectivity index (χ2n) is 4.80. The maximum Gasteiger partial charge on any atom is 0.147 e. The first kappa shape index (κ1) is 13.5. The first-order valence-electron chi connectivity index (χ1n) is 6.61. The summed E-state index contributed by atoms with van der Waals surface area (Å²) in [6, 6.07) is 13.3. The molecule has 2 N–H and O–H groups in total. The quantitative estimate of drug-likeness (QED) is 0.689.